The zero-order chi connectivity index (χ0) is 20.1. The summed E-state index contributed by atoms with van der Waals surface area (Å²) in [6.45, 7) is 3.56. The highest BCUT2D eigenvalue weighted by Crippen LogP contribution is 2.24. The number of rotatable bonds is 7. The second-order valence-corrected chi connectivity index (χ2v) is 8.14. The summed E-state index contributed by atoms with van der Waals surface area (Å²) in [5.41, 5.74) is -0.197. The van der Waals surface area contributed by atoms with Crippen molar-refractivity contribution in [3.05, 3.63) is 60.2 Å². The first-order valence-electron chi connectivity index (χ1n) is 7.84. The normalized spacial score (nSPS) is 11.9. The minimum atomic E-state index is -0.904. The van der Waals surface area contributed by atoms with Gasteiger partial charge in [-0.1, -0.05) is 37.0 Å². The summed E-state index contributed by atoms with van der Waals surface area (Å²) in [6, 6.07) is 6.04. The van der Waals surface area contributed by atoms with Gasteiger partial charge < -0.3 is 10.1 Å². The van der Waals surface area contributed by atoms with Crippen molar-refractivity contribution in [2.24, 2.45) is 5.92 Å². The Bertz CT molecular complexity index is 869. The van der Waals surface area contributed by atoms with Crippen LogP contribution in [0, 0.1) is 16.0 Å². The van der Waals surface area contributed by atoms with Crippen LogP contribution in [0.3, 0.4) is 0 Å². The van der Waals surface area contributed by atoms with Crippen LogP contribution in [0.2, 0.25) is 9.36 Å². The van der Waals surface area contributed by atoms with Crippen molar-refractivity contribution in [1.29, 1.82) is 0 Å². The largest absolute Gasteiger partial charge is 0.458 e. The lowest BCUT2D eigenvalue weighted by Crippen LogP contribution is -2.45. The highest BCUT2D eigenvalue weighted by molar-refractivity contribution is 7.16. The summed E-state index contributed by atoms with van der Waals surface area (Å²) < 4.78 is 5.84. The highest BCUT2D eigenvalue weighted by atomic mass is 35.5. The number of ether oxygens (including phenoxy) is 1. The van der Waals surface area contributed by atoms with Crippen LogP contribution in [0.15, 0.2) is 30.3 Å². The predicted octanol–water partition coefficient (Wildman–Crippen LogP) is 4.46. The topological polar surface area (TPSA) is 98.5 Å². The first-order valence-corrected chi connectivity index (χ1v) is 9.42. The Labute approximate surface area is 169 Å². The predicted molar refractivity (Wildman–Crippen MR) is 103 cm³/mol. The van der Waals surface area contributed by atoms with Gasteiger partial charge >= 0.3 is 5.97 Å². The highest BCUT2D eigenvalue weighted by Gasteiger charge is 2.27. The van der Waals surface area contributed by atoms with Crippen LogP contribution >= 0.6 is 34.5 Å². The van der Waals surface area contributed by atoms with Gasteiger partial charge in [0.05, 0.1) is 19.8 Å². The van der Waals surface area contributed by atoms with E-state index in [9.17, 15) is 19.7 Å². The number of nitro benzene ring substituents is 1. The maximum atomic E-state index is 12.5. The summed E-state index contributed by atoms with van der Waals surface area (Å²) in [4.78, 5) is 35.8. The van der Waals surface area contributed by atoms with Gasteiger partial charge in [-0.05, 0) is 24.1 Å². The molecule has 10 heteroatoms. The fourth-order valence-electron chi connectivity index (χ4n) is 2.18. The number of amides is 1. The quantitative estimate of drug-likeness (QED) is 0.397. The molecule has 0 aliphatic carbocycles. The molecule has 2 rings (SSSR count). The van der Waals surface area contributed by atoms with E-state index in [2.05, 4.69) is 5.32 Å². The van der Waals surface area contributed by atoms with Gasteiger partial charge in [0.25, 0.3) is 11.6 Å². The third-order valence-corrected chi connectivity index (χ3v) is 5.12. The molecule has 0 bridgehead atoms. The number of nitrogens with zero attached hydrogens (tertiary/aromatic N) is 1. The first kappa shape index (κ1) is 21.1. The second kappa shape index (κ2) is 9.16. The molecule has 1 amide bonds. The van der Waals surface area contributed by atoms with Gasteiger partial charge in [0.1, 0.15) is 12.6 Å². The van der Waals surface area contributed by atoms with Gasteiger partial charge in [0.2, 0.25) is 0 Å². The van der Waals surface area contributed by atoms with Gasteiger partial charge in [-0.3, -0.25) is 14.9 Å². The van der Waals surface area contributed by atoms with Gasteiger partial charge in [-0.2, -0.15) is 0 Å². The fourth-order valence-corrected chi connectivity index (χ4v) is 3.44. The van der Waals surface area contributed by atoms with Crippen LogP contribution in [0.4, 0.5) is 5.69 Å². The molecular weight excluding hydrogens is 415 g/mol. The Hall–Kier alpha value is -2.16. The van der Waals surface area contributed by atoms with E-state index in [0.29, 0.717) is 4.34 Å². The second-order valence-electron chi connectivity index (χ2n) is 5.93. The molecule has 0 aliphatic heterocycles. The third kappa shape index (κ3) is 5.66. The molecule has 0 fully saturated rings. The molecule has 0 spiro atoms. The zero-order valence-electron chi connectivity index (χ0n) is 14.4. The van der Waals surface area contributed by atoms with Crippen LogP contribution in [-0.2, 0) is 16.1 Å². The molecule has 27 heavy (non-hydrogen) atoms. The average molecular weight is 431 g/mol. The van der Waals surface area contributed by atoms with Crippen molar-refractivity contribution in [2.75, 3.05) is 0 Å². The Kier molecular flexibility index (Phi) is 7.18. The number of nitrogens with one attached hydrogen (secondary N) is 1. The van der Waals surface area contributed by atoms with Crippen LogP contribution in [0.1, 0.15) is 29.1 Å². The van der Waals surface area contributed by atoms with E-state index in [0.717, 1.165) is 10.9 Å². The van der Waals surface area contributed by atoms with Crippen molar-refractivity contribution in [3.8, 4) is 0 Å². The lowest BCUT2D eigenvalue weighted by molar-refractivity contribution is -0.384. The lowest BCUT2D eigenvalue weighted by atomic mass is 10.0. The van der Waals surface area contributed by atoms with E-state index in [1.807, 2.05) is 0 Å². The molecule has 2 aromatic rings. The summed E-state index contributed by atoms with van der Waals surface area (Å²) in [5, 5.41) is 13.3. The molecular formula is C17H16Cl2N2O5S. The van der Waals surface area contributed by atoms with Crippen molar-refractivity contribution in [1.82, 2.24) is 5.32 Å². The molecule has 0 saturated heterocycles. The smallest absolute Gasteiger partial charge is 0.329 e. The molecule has 144 valence electrons. The number of benzene rings is 1. The summed E-state index contributed by atoms with van der Waals surface area (Å²) in [5.74, 6) is -1.46. The molecule has 0 aliphatic rings. The number of halogens is 2. The molecule has 0 unspecified atom stereocenters. The van der Waals surface area contributed by atoms with Gasteiger partial charge in [0.15, 0.2) is 0 Å². The lowest BCUT2D eigenvalue weighted by Gasteiger charge is -2.21. The SMILES string of the molecule is CC(C)[C@H](NC(=O)c1ccc([N+](=O)[O-])cc1Cl)C(=O)OCc1ccc(Cl)s1. The molecule has 1 aromatic carbocycles. The number of non-ortho nitro benzene ring substituents is 1. The average Bonchev–Trinajstić information content (AvgIpc) is 3.02. The maximum absolute atomic E-state index is 12.5. The van der Waals surface area contributed by atoms with Crippen LogP contribution in [0.5, 0.6) is 0 Å². The molecule has 7 nitrogen and oxygen atoms in total. The third-order valence-electron chi connectivity index (χ3n) is 3.60. The minimum Gasteiger partial charge on any atom is -0.458 e. The number of hydrogen-bond donors (Lipinski definition) is 1. The molecule has 1 heterocycles. The van der Waals surface area contributed by atoms with Crippen molar-refractivity contribution in [3.63, 3.8) is 0 Å². The molecule has 0 radical (unpaired) electrons. The summed E-state index contributed by atoms with van der Waals surface area (Å²) in [6.07, 6.45) is 0. The van der Waals surface area contributed by atoms with E-state index in [4.69, 9.17) is 27.9 Å². The molecule has 1 aromatic heterocycles. The Morgan fingerprint density at radius 1 is 1.26 bits per heavy atom. The van der Waals surface area contributed by atoms with E-state index < -0.39 is 22.8 Å². The van der Waals surface area contributed by atoms with Gasteiger partial charge in [-0.15, -0.1) is 11.3 Å². The van der Waals surface area contributed by atoms with E-state index >= 15 is 0 Å². The molecule has 1 N–H and O–H groups in total. The molecule has 0 saturated carbocycles. The van der Waals surface area contributed by atoms with Gasteiger partial charge in [0, 0.05) is 17.0 Å². The summed E-state index contributed by atoms with van der Waals surface area (Å²) in [7, 11) is 0. The van der Waals surface area contributed by atoms with Crippen molar-refractivity contribution in [2.45, 2.75) is 26.5 Å². The van der Waals surface area contributed by atoms with E-state index in [1.54, 1.807) is 26.0 Å². The Morgan fingerprint density at radius 3 is 2.48 bits per heavy atom. The van der Waals surface area contributed by atoms with Crippen LogP contribution in [-0.4, -0.2) is 22.8 Å². The van der Waals surface area contributed by atoms with E-state index in [-0.39, 0.29) is 28.8 Å². The summed E-state index contributed by atoms with van der Waals surface area (Å²) >= 11 is 13.1. The van der Waals surface area contributed by atoms with Crippen LogP contribution in [0.25, 0.3) is 0 Å². The van der Waals surface area contributed by atoms with Gasteiger partial charge in [-0.25, -0.2) is 4.79 Å². The van der Waals surface area contributed by atoms with E-state index in [1.165, 1.54) is 23.5 Å². The van der Waals surface area contributed by atoms with Crippen molar-refractivity contribution >= 4 is 52.1 Å². The number of thiophene rings is 1. The Morgan fingerprint density at radius 2 is 1.96 bits per heavy atom. The number of carbonyl (C=O) groups is 2. The Balaban J connectivity index is 2.07. The maximum Gasteiger partial charge on any atom is 0.329 e. The monoisotopic (exact) mass is 430 g/mol. The first-order chi connectivity index (χ1) is 12.7. The fraction of sp³-hybridized carbons (Fsp3) is 0.294. The minimum absolute atomic E-state index is 0.0331. The van der Waals surface area contributed by atoms with Crippen LogP contribution < -0.4 is 5.32 Å². The number of nitro groups is 1. The zero-order valence-corrected chi connectivity index (χ0v) is 16.7. The number of carbonyl (C=O) groups excluding carboxylic acids is 2. The number of esters is 1. The standard InChI is InChI=1S/C17H16Cl2N2O5S/c1-9(2)15(17(23)26-8-11-4-6-14(19)27-11)20-16(22)12-5-3-10(21(24)25)7-13(12)18/h3-7,9,15H,8H2,1-2H3,(H,20,22)/t15-/m0/s1. The number of hydrogen-bond acceptors (Lipinski definition) is 6. The molecule has 1 atom stereocenters. The van der Waals surface area contributed by atoms with Crippen molar-refractivity contribution < 1.29 is 19.2 Å².